The van der Waals surface area contributed by atoms with Crippen LogP contribution in [0.15, 0.2) is 58.4 Å². The molecule has 4 rings (SSSR count). The van der Waals surface area contributed by atoms with Crippen molar-refractivity contribution in [3.63, 3.8) is 0 Å². The lowest BCUT2D eigenvalue weighted by molar-refractivity contribution is -0.115. The number of amidine groups is 1. The third-order valence-electron chi connectivity index (χ3n) is 4.63. The number of carbonyl (C=O) groups excluding carboxylic acids is 1. The standard InChI is InChI=1S/C22H16Cl3N3OS/c1-12-9-14(13(2)28(12)16-6-3-5-15(23)11-16)10-19-21(29)27-22(30-19)26-18-8-4-7-17(24)20(18)25/h3-11H,1-2H3,(H,26,27,29)/b19-10-. The normalized spacial score (nSPS) is 16.5. The van der Waals surface area contributed by atoms with Gasteiger partial charge in [0.15, 0.2) is 5.17 Å². The van der Waals surface area contributed by atoms with Gasteiger partial charge in [-0.3, -0.25) is 4.79 Å². The van der Waals surface area contributed by atoms with Crippen LogP contribution in [-0.4, -0.2) is 15.6 Å². The van der Waals surface area contributed by atoms with Crippen LogP contribution in [-0.2, 0) is 4.79 Å². The maximum atomic E-state index is 12.5. The average Bonchev–Trinajstić information content (AvgIpc) is 3.17. The van der Waals surface area contributed by atoms with E-state index in [-0.39, 0.29) is 5.91 Å². The number of aliphatic imine (C=N–C) groups is 1. The first-order valence-corrected chi connectivity index (χ1v) is 11.0. The number of nitrogens with zero attached hydrogens (tertiary/aromatic N) is 2. The number of halogens is 3. The number of aryl methyl sites for hydroxylation is 1. The molecule has 2 heterocycles. The van der Waals surface area contributed by atoms with Crippen molar-refractivity contribution in [3.05, 3.63) is 85.5 Å². The molecule has 2 aromatic carbocycles. The summed E-state index contributed by atoms with van der Waals surface area (Å²) in [6.45, 7) is 4.03. The van der Waals surface area contributed by atoms with E-state index < -0.39 is 0 Å². The largest absolute Gasteiger partial charge is 0.318 e. The molecule has 0 radical (unpaired) electrons. The first-order chi connectivity index (χ1) is 14.3. The summed E-state index contributed by atoms with van der Waals surface area (Å²) in [5.41, 5.74) is 4.49. The van der Waals surface area contributed by atoms with Gasteiger partial charge in [0.2, 0.25) is 0 Å². The van der Waals surface area contributed by atoms with E-state index in [9.17, 15) is 4.79 Å². The Hall–Kier alpha value is -2.18. The van der Waals surface area contributed by atoms with Crippen LogP contribution in [0.4, 0.5) is 5.69 Å². The van der Waals surface area contributed by atoms with Crippen molar-refractivity contribution in [2.24, 2.45) is 4.99 Å². The van der Waals surface area contributed by atoms with Gasteiger partial charge in [-0.1, -0.05) is 46.9 Å². The van der Waals surface area contributed by atoms with Crippen LogP contribution in [0.5, 0.6) is 0 Å². The zero-order valence-electron chi connectivity index (χ0n) is 16.0. The van der Waals surface area contributed by atoms with Crippen LogP contribution in [0.1, 0.15) is 17.0 Å². The zero-order valence-corrected chi connectivity index (χ0v) is 19.1. The molecule has 0 atom stereocenters. The molecule has 0 saturated carbocycles. The van der Waals surface area contributed by atoms with Crippen LogP contribution < -0.4 is 5.32 Å². The molecular formula is C22H16Cl3N3OS. The average molecular weight is 477 g/mol. The second-order valence-electron chi connectivity index (χ2n) is 6.70. The van der Waals surface area contributed by atoms with Gasteiger partial charge >= 0.3 is 0 Å². The van der Waals surface area contributed by atoms with Crippen molar-refractivity contribution in [1.82, 2.24) is 9.88 Å². The number of nitrogens with one attached hydrogen (secondary N) is 1. The summed E-state index contributed by atoms with van der Waals surface area (Å²) in [4.78, 5) is 17.5. The number of thioether (sulfide) groups is 1. The molecule has 1 aromatic heterocycles. The van der Waals surface area contributed by atoms with Crippen molar-refractivity contribution in [2.45, 2.75) is 13.8 Å². The van der Waals surface area contributed by atoms with Crippen molar-refractivity contribution in [2.75, 3.05) is 0 Å². The summed E-state index contributed by atoms with van der Waals surface area (Å²) in [5, 5.41) is 4.67. The Labute approximate surface area is 193 Å². The van der Waals surface area contributed by atoms with Gasteiger partial charge < -0.3 is 9.88 Å². The zero-order chi connectivity index (χ0) is 21.4. The lowest BCUT2D eigenvalue weighted by Gasteiger charge is -2.09. The highest BCUT2D eigenvalue weighted by Crippen LogP contribution is 2.35. The van der Waals surface area contributed by atoms with Gasteiger partial charge in [-0.05, 0) is 73.6 Å². The molecule has 1 saturated heterocycles. The third kappa shape index (κ3) is 4.16. The molecule has 0 bridgehead atoms. The second kappa shape index (κ2) is 8.52. The number of amides is 1. The van der Waals surface area contributed by atoms with E-state index in [2.05, 4.69) is 14.9 Å². The summed E-state index contributed by atoms with van der Waals surface area (Å²) >= 11 is 19.7. The minimum absolute atomic E-state index is 0.204. The quantitative estimate of drug-likeness (QED) is 0.416. The smallest absolute Gasteiger partial charge is 0.264 e. The van der Waals surface area contributed by atoms with Crippen LogP contribution in [0, 0.1) is 13.8 Å². The van der Waals surface area contributed by atoms with E-state index in [0.717, 1.165) is 22.6 Å². The number of hydrogen-bond acceptors (Lipinski definition) is 3. The molecule has 1 amide bonds. The predicted octanol–water partition coefficient (Wildman–Crippen LogP) is 6.95. The van der Waals surface area contributed by atoms with E-state index in [1.165, 1.54) is 11.8 Å². The lowest BCUT2D eigenvalue weighted by atomic mass is 10.2. The molecule has 1 N–H and O–H groups in total. The van der Waals surface area contributed by atoms with Gasteiger partial charge in [0.1, 0.15) is 0 Å². The number of carbonyl (C=O) groups is 1. The summed E-state index contributed by atoms with van der Waals surface area (Å²) in [5.74, 6) is -0.204. The van der Waals surface area contributed by atoms with E-state index in [0.29, 0.717) is 30.8 Å². The molecule has 1 fully saturated rings. The fourth-order valence-electron chi connectivity index (χ4n) is 3.26. The Morgan fingerprint density at radius 2 is 1.83 bits per heavy atom. The minimum Gasteiger partial charge on any atom is -0.318 e. The van der Waals surface area contributed by atoms with Gasteiger partial charge in [0, 0.05) is 22.1 Å². The topological polar surface area (TPSA) is 46.4 Å². The maximum absolute atomic E-state index is 12.5. The minimum atomic E-state index is -0.204. The third-order valence-corrected chi connectivity index (χ3v) is 6.58. The molecular weight excluding hydrogens is 461 g/mol. The lowest BCUT2D eigenvalue weighted by Crippen LogP contribution is -2.19. The van der Waals surface area contributed by atoms with E-state index in [1.54, 1.807) is 18.2 Å². The summed E-state index contributed by atoms with van der Waals surface area (Å²) < 4.78 is 2.11. The molecule has 30 heavy (non-hydrogen) atoms. The Balaban J connectivity index is 1.66. The summed E-state index contributed by atoms with van der Waals surface area (Å²) in [7, 11) is 0. The Morgan fingerprint density at radius 3 is 2.60 bits per heavy atom. The summed E-state index contributed by atoms with van der Waals surface area (Å²) in [6, 6.07) is 14.9. The molecule has 8 heteroatoms. The number of rotatable bonds is 3. The SMILES string of the molecule is Cc1cc(/C=C2\SC(=Nc3cccc(Cl)c3Cl)NC2=O)c(C)n1-c1cccc(Cl)c1. The molecule has 3 aromatic rings. The number of hydrogen-bond donors (Lipinski definition) is 1. The highest BCUT2D eigenvalue weighted by Gasteiger charge is 2.25. The summed E-state index contributed by atoms with van der Waals surface area (Å²) in [6.07, 6.45) is 1.87. The van der Waals surface area contributed by atoms with E-state index >= 15 is 0 Å². The van der Waals surface area contributed by atoms with Crippen LogP contribution in [0.25, 0.3) is 11.8 Å². The molecule has 0 spiro atoms. The Bertz CT molecular complexity index is 1230. The van der Waals surface area contributed by atoms with Crippen LogP contribution in [0.2, 0.25) is 15.1 Å². The van der Waals surface area contributed by atoms with Crippen molar-refractivity contribution >= 4 is 69.4 Å². The Morgan fingerprint density at radius 1 is 1.07 bits per heavy atom. The van der Waals surface area contributed by atoms with Crippen LogP contribution >= 0.6 is 46.6 Å². The van der Waals surface area contributed by atoms with Gasteiger partial charge in [0.05, 0.1) is 20.6 Å². The molecule has 1 aliphatic heterocycles. The number of benzene rings is 2. The van der Waals surface area contributed by atoms with Gasteiger partial charge in [-0.15, -0.1) is 0 Å². The monoisotopic (exact) mass is 475 g/mol. The van der Waals surface area contributed by atoms with Crippen LogP contribution in [0.3, 0.4) is 0 Å². The molecule has 152 valence electrons. The second-order valence-corrected chi connectivity index (χ2v) is 8.95. The highest BCUT2D eigenvalue weighted by atomic mass is 35.5. The Kier molecular flexibility index (Phi) is 5.98. The first kappa shape index (κ1) is 21.1. The van der Waals surface area contributed by atoms with Crippen molar-refractivity contribution in [1.29, 1.82) is 0 Å². The van der Waals surface area contributed by atoms with Gasteiger partial charge in [-0.25, -0.2) is 4.99 Å². The maximum Gasteiger partial charge on any atom is 0.264 e. The fraction of sp³-hybridized carbons (Fsp3) is 0.0909. The first-order valence-electron chi connectivity index (χ1n) is 9.02. The predicted molar refractivity (Wildman–Crippen MR) is 128 cm³/mol. The number of aromatic nitrogens is 1. The van der Waals surface area contributed by atoms with E-state index in [1.807, 2.05) is 50.3 Å². The van der Waals surface area contributed by atoms with Gasteiger partial charge in [0.25, 0.3) is 5.91 Å². The molecule has 1 aliphatic rings. The molecule has 0 aliphatic carbocycles. The van der Waals surface area contributed by atoms with Crippen molar-refractivity contribution < 1.29 is 4.79 Å². The van der Waals surface area contributed by atoms with Gasteiger partial charge in [-0.2, -0.15) is 0 Å². The molecule has 4 nitrogen and oxygen atoms in total. The fourth-order valence-corrected chi connectivity index (χ4v) is 4.60. The molecule has 0 unspecified atom stereocenters. The van der Waals surface area contributed by atoms with E-state index in [4.69, 9.17) is 34.8 Å². The van der Waals surface area contributed by atoms with Crippen molar-refractivity contribution in [3.8, 4) is 5.69 Å². The highest BCUT2D eigenvalue weighted by molar-refractivity contribution is 8.18.